The maximum absolute atomic E-state index is 12.2. The van der Waals surface area contributed by atoms with Crippen LogP contribution in [0.3, 0.4) is 0 Å². The molecule has 0 spiro atoms. The second-order valence-corrected chi connectivity index (χ2v) is 4.31. The molecule has 0 aliphatic rings. The lowest BCUT2D eigenvalue weighted by Crippen LogP contribution is -2.10. The molecule has 2 aromatic rings. The highest BCUT2D eigenvalue weighted by molar-refractivity contribution is 9.10. The van der Waals surface area contributed by atoms with Gasteiger partial charge in [0, 0.05) is 6.54 Å². The Balaban J connectivity index is 2.39. The predicted molar refractivity (Wildman–Crippen MR) is 65.6 cm³/mol. The number of aromatic nitrogens is 2. The minimum atomic E-state index is -0.198. The molecule has 0 saturated carbocycles. The molecular formula is C11H12BrN3O2. The molecule has 2 heterocycles. The highest BCUT2D eigenvalue weighted by atomic mass is 79.9. The van der Waals surface area contributed by atoms with Crippen molar-refractivity contribution >= 4 is 21.7 Å². The zero-order valence-corrected chi connectivity index (χ0v) is 10.9. The van der Waals surface area contributed by atoms with Crippen LogP contribution < -0.4 is 5.73 Å². The lowest BCUT2D eigenvalue weighted by molar-refractivity contribution is 0.0996. The summed E-state index contributed by atoms with van der Waals surface area (Å²) in [7, 11) is 0. The average Bonchev–Trinajstić information content (AvgIpc) is 2.94. The summed E-state index contributed by atoms with van der Waals surface area (Å²) in [5.74, 6) is 0.671. The molecular weight excluding hydrogens is 286 g/mol. The first-order chi connectivity index (χ1) is 8.17. The van der Waals surface area contributed by atoms with E-state index in [1.54, 1.807) is 23.0 Å². The van der Waals surface area contributed by atoms with Crippen molar-refractivity contribution < 1.29 is 9.21 Å². The Labute approximate surface area is 107 Å². The molecule has 0 aliphatic heterocycles. The number of furan rings is 1. The van der Waals surface area contributed by atoms with Gasteiger partial charge in [0.15, 0.2) is 5.76 Å². The second-order valence-electron chi connectivity index (χ2n) is 3.46. The van der Waals surface area contributed by atoms with Crippen molar-refractivity contribution in [1.82, 2.24) is 9.78 Å². The number of carbonyl (C=O) groups excluding carboxylic acids is 1. The van der Waals surface area contributed by atoms with Crippen LogP contribution >= 0.6 is 15.9 Å². The summed E-state index contributed by atoms with van der Waals surface area (Å²) in [6.45, 7) is 2.82. The molecule has 0 aromatic carbocycles. The molecule has 6 heteroatoms. The summed E-state index contributed by atoms with van der Waals surface area (Å²) >= 11 is 3.31. The van der Waals surface area contributed by atoms with E-state index in [9.17, 15) is 4.79 Å². The molecule has 0 atom stereocenters. The van der Waals surface area contributed by atoms with Crippen molar-refractivity contribution in [2.24, 2.45) is 5.73 Å². The van der Waals surface area contributed by atoms with Crippen molar-refractivity contribution in [3.05, 3.63) is 40.0 Å². The minimum absolute atomic E-state index is 0.198. The van der Waals surface area contributed by atoms with Crippen molar-refractivity contribution in [3.8, 4) is 0 Å². The van der Waals surface area contributed by atoms with Crippen LogP contribution in [0.4, 0.5) is 0 Å². The third-order valence-electron chi connectivity index (χ3n) is 2.40. The molecule has 0 radical (unpaired) electrons. The monoisotopic (exact) mass is 297 g/mol. The molecule has 0 saturated heterocycles. The fourth-order valence-corrected chi connectivity index (χ4v) is 2.03. The van der Waals surface area contributed by atoms with E-state index in [2.05, 4.69) is 21.0 Å². The van der Waals surface area contributed by atoms with Gasteiger partial charge in [0.25, 0.3) is 0 Å². The molecule has 90 valence electrons. The van der Waals surface area contributed by atoms with E-state index in [-0.39, 0.29) is 18.1 Å². The van der Waals surface area contributed by atoms with Crippen molar-refractivity contribution in [2.45, 2.75) is 20.0 Å². The largest absolute Gasteiger partial charge is 0.456 e. The Morgan fingerprint density at radius 1 is 1.59 bits per heavy atom. The van der Waals surface area contributed by atoms with E-state index < -0.39 is 0 Å². The fraction of sp³-hybridized carbons (Fsp3) is 0.273. The van der Waals surface area contributed by atoms with Gasteiger partial charge in [0.1, 0.15) is 11.5 Å². The van der Waals surface area contributed by atoms with Crippen LogP contribution in [0.2, 0.25) is 0 Å². The van der Waals surface area contributed by atoms with Crippen molar-refractivity contribution in [2.75, 3.05) is 0 Å². The first kappa shape index (κ1) is 12.1. The number of carbonyl (C=O) groups is 1. The SMILES string of the molecule is CCn1ncc(Br)c1C(=O)c1ccc(CN)o1. The minimum Gasteiger partial charge on any atom is -0.456 e. The van der Waals surface area contributed by atoms with E-state index in [0.717, 1.165) is 0 Å². The Kier molecular flexibility index (Phi) is 3.44. The Hall–Kier alpha value is -1.40. The first-order valence-corrected chi connectivity index (χ1v) is 6.01. The number of ketones is 1. The molecule has 0 bridgehead atoms. The van der Waals surface area contributed by atoms with E-state index in [4.69, 9.17) is 10.2 Å². The second kappa shape index (κ2) is 4.85. The maximum Gasteiger partial charge on any atom is 0.247 e. The molecule has 2 N–H and O–H groups in total. The van der Waals surface area contributed by atoms with Crippen LogP contribution in [-0.2, 0) is 13.1 Å². The van der Waals surface area contributed by atoms with Gasteiger partial charge in [-0.15, -0.1) is 0 Å². The number of hydrogen-bond donors (Lipinski definition) is 1. The van der Waals surface area contributed by atoms with Gasteiger partial charge in [-0.05, 0) is 35.0 Å². The molecule has 17 heavy (non-hydrogen) atoms. The standard InChI is InChI=1S/C11H12BrN3O2/c1-2-15-10(8(12)6-14-15)11(16)9-4-3-7(5-13)17-9/h3-4,6H,2,5,13H2,1H3. The number of hydrogen-bond acceptors (Lipinski definition) is 4. The fourth-order valence-electron chi connectivity index (χ4n) is 1.55. The third-order valence-corrected chi connectivity index (χ3v) is 2.98. The van der Waals surface area contributed by atoms with Crippen LogP contribution in [-0.4, -0.2) is 15.6 Å². The highest BCUT2D eigenvalue weighted by Crippen LogP contribution is 2.21. The molecule has 2 rings (SSSR count). The zero-order valence-electron chi connectivity index (χ0n) is 9.31. The molecule has 0 aliphatic carbocycles. The molecule has 0 fully saturated rings. The van der Waals surface area contributed by atoms with Gasteiger partial charge in [-0.1, -0.05) is 0 Å². The highest BCUT2D eigenvalue weighted by Gasteiger charge is 2.21. The Bertz CT molecular complexity index is 545. The summed E-state index contributed by atoms with van der Waals surface area (Å²) in [6, 6.07) is 3.33. The summed E-state index contributed by atoms with van der Waals surface area (Å²) in [5.41, 5.74) is 5.93. The normalized spacial score (nSPS) is 10.8. The first-order valence-electron chi connectivity index (χ1n) is 5.22. The van der Waals surface area contributed by atoms with E-state index >= 15 is 0 Å². The topological polar surface area (TPSA) is 74.0 Å². The summed E-state index contributed by atoms with van der Waals surface area (Å²) in [5, 5.41) is 4.09. The summed E-state index contributed by atoms with van der Waals surface area (Å²) in [6.07, 6.45) is 1.60. The smallest absolute Gasteiger partial charge is 0.247 e. The lowest BCUT2D eigenvalue weighted by atomic mass is 10.2. The van der Waals surface area contributed by atoms with Gasteiger partial charge in [-0.2, -0.15) is 5.10 Å². The third kappa shape index (κ3) is 2.18. The molecule has 2 aromatic heterocycles. The molecule has 0 amide bonds. The van der Waals surface area contributed by atoms with E-state index in [1.807, 2.05) is 6.92 Å². The van der Waals surface area contributed by atoms with Crippen molar-refractivity contribution in [1.29, 1.82) is 0 Å². The van der Waals surface area contributed by atoms with Crippen LogP contribution in [0.25, 0.3) is 0 Å². The summed E-state index contributed by atoms with van der Waals surface area (Å²) < 4.78 is 7.62. The van der Waals surface area contributed by atoms with E-state index in [1.165, 1.54) is 0 Å². The number of aryl methyl sites for hydroxylation is 1. The van der Waals surface area contributed by atoms with Gasteiger partial charge in [0.05, 0.1) is 17.2 Å². The van der Waals surface area contributed by atoms with Crippen LogP contribution in [0.1, 0.15) is 28.9 Å². The summed E-state index contributed by atoms with van der Waals surface area (Å²) in [4.78, 5) is 12.2. The van der Waals surface area contributed by atoms with Gasteiger partial charge >= 0.3 is 0 Å². The molecule has 5 nitrogen and oxygen atoms in total. The van der Waals surface area contributed by atoms with Crippen LogP contribution in [0, 0.1) is 0 Å². The number of rotatable bonds is 4. The Morgan fingerprint density at radius 2 is 2.35 bits per heavy atom. The number of nitrogens with two attached hydrogens (primary N) is 1. The maximum atomic E-state index is 12.2. The molecule has 0 unspecified atom stereocenters. The average molecular weight is 298 g/mol. The lowest BCUT2D eigenvalue weighted by Gasteiger charge is -2.02. The van der Waals surface area contributed by atoms with Gasteiger partial charge in [-0.3, -0.25) is 9.48 Å². The van der Waals surface area contributed by atoms with Crippen molar-refractivity contribution in [3.63, 3.8) is 0 Å². The number of nitrogens with zero attached hydrogens (tertiary/aromatic N) is 2. The van der Waals surface area contributed by atoms with Crippen LogP contribution in [0.5, 0.6) is 0 Å². The van der Waals surface area contributed by atoms with Gasteiger partial charge in [0.2, 0.25) is 5.78 Å². The zero-order chi connectivity index (χ0) is 12.4. The van der Waals surface area contributed by atoms with Gasteiger partial charge < -0.3 is 10.2 Å². The van der Waals surface area contributed by atoms with Crippen LogP contribution in [0.15, 0.2) is 27.2 Å². The van der Waals surface area contributed by atoms with Gasteiger partial charge in [-0.25, -0.2) is 0 Å². The number of halogens is 1. The Morgan fingerprint density at radius 3 is 2.94 bits per heavy atom. The van der Waals surface area contributed by atoms with E-state index in [0.29, 0.717) is 22.5 Å². The quantitative estimate of drug-likeness (QED) is 0.875. The predicted octanol–water partition coefficient (Wildman–Crippen LogP) is 1.95.